The summed E-state index contributed by atoms with van der Waals surface area (Å²) in [7, 11) is 0. The molecule has 0 rings (SSSR count). The summed E-state index contributed by atoms with van der Waals surface area (Å²) in [5.74, 6) is -1.95. The van der Waals surface area contributed by atoms with Crippen molar-refractivity contribution in [2.75, 3.05) is 6.61 Å². The Hall–Kier alpha value is -2.15. The molecule has 3 N–H and O–H groups in total. The molecule has 0 aliphatic heterocycles. The number of amides is 1. The number of hydrogen-bond donors (Lipinski definition) is 2. The number of aliphatic hydroxyl groups excluding tert-OH is 1. The number of esters is 2. The maximum atomic E-state index is 12.6. The number of carbonyl (C=O) groups is 3. The predicted molar refractivity (Wildman–Crippen MR) is 204 cm³/mol. The van der Waals surface area contributed by atoms with Gasteiger partial charge in [0.25, 0.3) is 5.91 Å². The predicted octanol–water partition coefficient (Wildman–Crippen LogP) is 11.1. The zero-order valence-electron chi connectivity index (χ0n) is 32.2. The summed E-state index contributed by atoms with van der Waals surface area (Å²) < 4.78 is 10.7. The zero-order valence-corrected chi connectivity index (χ0v) is 32.2. The quantitative estimate of drug-likeness (QED) is 0.0384. The second-order valence-electron chi connectivity index (χ2n) is 13.9. The van der Waals surface area contributed by atoms with Crippen LogP contribution in [0.4, 0.5) is 0 Å². The third kappa shape index (κ3) is 27.3. The maximum Gasteiger partial charge on any atom is 0.306 e. The van der Waals surface area contributed by atoms with Gasteiger partial charge < -0.3 is 20.3 Å². The van der Waals surface area contributed by atoms with E-state index >= 15 is 0 Å². The Balaban J connectivity index is 4.06. The van der Waals surface area contributed by atoms with Crippen molar-refractivity contribution in [3.8, 4) is 0 Å². The molecule has 0 aromatic rings. The van der Waals surface area contributed by atoms with E-state index in [-0.39, 0.29) is 19.3 Å². The largest absolute Gasteiger partial charge is 0.463 e. The van der Waals surface area contributed by atoms with Crippen molar-refractivity contribution in [2.24, 2.45) is 5.73 Å². The summed E-state index contributed by atoms with van der Waals surface area (Å²) in [4.78, 5) is 37.2. The van der Waals surface area contributed by atoms with Crippen molar-refractivity contribution >= 4 is 17.8 Å². The molecule has 1 amide bonds. The monoisotopic (exact) mass is 692 g/mol. The number of rotatable bonds is 36. The molecule has 0 heterocycles. The topological polar surface area (TPSA) is 116 Å². The average molecular weight is 692 g/mol. The first-order valence-electron chi connectivity index (χ1n) is 20.5. The lowest BCUT2D eigenvalue weighted by molar-refractivity contribution is -0.187. The molecule has 0 bridgehead atoms. The van der Waals surface area contributed by atoms with Crippen LogP contribution in [0.1, 0.15) is 207 Å². The second kappa shape index (κ2) is 34.3. The van der Waals surface area contributed by atoms with Gasteiger partial charge in [-0.05, 0) is 70.6 Å². The highest BCUT2D eigenvalue weighted by atomic mass is 16.6. The normalized spacial score (nSPS) is 13.6. The van der Waals surface area contributed by atoms with Gasteiger partial charge in [0, 0.05) is 12.8 Å². The molecule has 0 saturated carbocycles. The van der Waals surface area contributed by atoms with Crippen molar-refractivity contribution in [3.05, 3.63) is 24.3 Å². The fraction of sp³-hybridized carbons (Fsp3) is 0.833. The fourth-order valence-corrected chi connectivity index (χ4v) is 6.08. The third-order valence-electron chi connectivity index (χ3n) is 9.46. The highest BCUT2D eigenvalue weighted by Gasteiger charge is 2.46. The first-order chi connectivity index (χ1) is 23.8. The van der Waals surface area contributed by atoms with Gasteiger partial charge in [0.05, 0.1) is 0 Å². The minimum atomic E-state index is -1.91. The van der Waals surface area contributed by atoms with Gasteiger partial charge in [-0.15, -0.1) is 0 Å². The van der Waals surface area contributed by atoms with Crippen molar-refractivity contribution in [1.29, 1.82) is 0 Å². The van der Waals surface area contributed by atoms with Crippen LogP contribution in [-0.4, -0.2) is 41.3 Å². The first kappa shape index (κ1) is 46.9. The van der Waals surface area contributed by atoms with Crippen LogP contribution in [0.2, 0.25) is 0 Å². The Morgan fingerprint density at radius 2 is 0.898 bits per heavy atom. The Morgan fingerprint density at radius 3 is 1.27 bits per heavy atom. The zero-order chi connectivity index (χ0) is 36.3. The Labute approximate surface area is 301 Å². The van der Waals surface area contributed by atoms with Gasteiger partial charge in [-0.2, -0.15) is 0 Å². The summed E-state index contributed by atoms with van der Waals surface area (Å²) in [6.07, 6.45) is 38.4. The Morgan fingerprint density at radius 1 is 0.551 bits per heavy atom. The van der Waals surface area contributed by atoms with Gasteiger partial charge in [-0.3, -0.25) is 14.4 Å². The molecule has 7 nitrogen and oxygen atoms in total. The molecule has 0 spiro atoms. The van der Waals surface area contributed by atoms with E-state index in [4.69, 9.17) is 15.2 Å². The van der Waals surface area contributed by atoms with Gasteiger partial charge in [0.1, 0.15) is 12.7 Å². The molecule has 0 aliphatic carbocycles. The summed E-state index contributed by atoms with van der Waals surface area (Å²) >= 11 is 0. The number of carbonyl (C=O) groups excluding carboxylic acids is 3. The maximum absolute atomic E-state index is 12.6. The second-order valence-corrected chi connectivity index (χ2v) is 13.9. The Bertz CT molecular complexity index is 856. The van der Waals surface area contributed by atoms with Crippen molar-refractivity contribution < 1.29 is 29.0 Å². The minimum Gasteiger partial charge on any atom is -0.463 e. The van der Waals surface area contributed by atoms with Crippen molar-refractivity contribution in [3.63, 3.8) is 0 Å². The SMILES string of the molecule is CCCCCCCC/C=C\CCCCCCCC(=O)OCC(O)C(CC)(OC(=O)CCCCCCC/C=C\CCCCCCCC)C(N)=O. The summed E-state index contributed by atoms with van der Waals surface area (Å²) in [6.45, 7) is 5.67. The van der Waals surface area contributed by atoms with E-state index in [0.717, 1.165) is 64.2 Å². The molecule has 0 aromatic carbocycles. The van der Waals surface area contributed by atoms with Gasteiger partial charge >= 0.3 is 11.9 Å². The number of aliphatic hydroxyl groups is 1. The van der Waals surface area contributed by atoms with Crippen LogP contribution in [-0.2, 0) is 23.9 Å². The van der Waals surface area contributed by atoms with Gasteiger partial charge in [0.2, 0.25) is 5.60 Å². The molecule has 49 heavy (non-hydrogen) atoms. The molecule has 0 aliphatic rings. The number of ether oxygens (including phenoxy) is 2. The molecule has 0 aromatic heterocycles. The summed E-state index contributed by atoms with van der Waals surface area (Å²) in [5, 5.41) is 10.8. The van der Waals surface area contributed by atoms with Crippen LogP contribution in [0, 0.1) is 0 Å². The van der Waals surface area contributed by atoms with Crippen LogP contribution >= 0.6 is 0 Å². The van der Waals surface area contributed by atoms with Gasteiger partial charge in [-0.1, -0.05) is 148 Å². The Kier molecular flexibility index (Phi) is 32.8. The first-order valence-corrected chi connectivity index (χ1v) is 20.5. The van der Waals surface area contributed by atoms with E-state index in [1.807, 2.05) is 0 Å². The summed E-state index contributed by atoms with van der Waals surface area (Å²) in [6, 6.07) is 0. The van der Waals surface area contributed by atoms with E-state index in [1.54, 1.807) is 6.92 Å². The molecular formula is C42H77NO6. The van der Waals surface area contributed by atoms with Gasteiger partial charge in [-0.25, -0.2) is 0 Å². The molecule has 7 heteroatoms. The van der Waals surface area contributed by atoms with Crippen molar-refractivity contribution in [1.82, 2.24) is 0 Å². The molecule has 2 atom stereocenters. The molecule has 2 unspecified atom stereocenters. The highest BCUT2D eigenvalue weighted by molar-refractivity contribution is 5.87. The molecule has 0 radical (unpaired) electrons. The minimum absolute atomic E-state index is 0.00655. The summed E-state index contributed by atoms with van der Waals surface area (Å²) in [5.41, 5.74) is 3.68. The van der Waals surface area contributed by atoms with E-state index in [2.05, 4.69) is 38.2 Å². The smallest absolute Gasteiger partial charge is 0.306 e. The van der Waals surface area contributed by atoms with E-state index in [9.17, 15) is 19.5 Å². The van der Waals surface area contributed by atoms with Crippen LogP contribution in [0.3, 0.4) is 0 Å². The van der Waals surface area contributed by atoms with Crippen LogP contribution in [0.5, 0.6) is 0 Å². The standard InChI is InChI=1S/C42H77NO6/c1-4-7-9-11-13-15-17-19-21-23-25-27-29-31-33-35-39(45)48-37-38(44)42(6-3,41(43)47)49-40(46)36-34-32-30-28-26-24-22-20-18-16-14-12-10-8-5-2/h19-22,38,44H,4-18,23-37H2,1-3H3,(H2,43,47)/b21-19-,22-20-. The fourth-order valence-electron chi connectivity index (χ4n) is 6.08. The lowest BCUT2D eigenvalue weighted by Crippen LogP contribution is -2.57. The molecule has 0 saturated heterocycles. The number of nitrogens with two attached hydrogens (primary N) is 1. The van der Waals surface area contributed by atoms with E-state index < -0.39 is 36.2 Å². The van der Waals surface area contributed by atoms with Crippen LogP contribution in [0.15, 0.2) is 24.3 Å². The third-order valence-corrected chi connectivity index (χ3v) is 9.46. The lowest BCUT2D eigenvalue weighted by Gasteiger charge is -2.33. The molecule has 286 valence electrons. The number of unbranched alkanes of at least 4 members (excludes halogenated alkanes) is 22. The number of hydrogen-bond acceptors (Lipinski definition) is 6. The number of primary amides is 1. The highest BCUT2D eigenvalue weighted by Crippen LogP contribution is 2.23. The van der Waals surface area contributed by atoms with E-state index in [1.165, 1.54) is 89.9 Å². The number of allylic oxidation sites excluding steroid dienone is 4. The molecule has 0 fully saturated rings. The van der Waals surface area contributed by atoms with Crippen LogP contribution in [0.25, 0.3) is 0 Å². The average Bonchev–Trinajstić information content (AvgIpc) is 3.09. The van der Waals surface area contributed by atoms with Crippen LogP contribution < -0.4 is 5.73 Å². The van der Waals surface area contributed by atoms with E-state index in [0.29, 0.717) is 12.8 Å². The van der Waals surface area contributed by atoms with Gasteiger partial charge in [0.15, 0.2) is 0 Å². The molecular weight excluding hydrogens is 614 g/mol. The van der Waals surface area contributed by atoms with Crippen molar-refractivity contribution in [2.45, 2.75) is 219 Å². The lowest BCUT2D eigenvalue weighted by atomic mass is 9.92.